The van der Waals surface area contributed by atoms with Crippen LogP contribution in [0.25, 0.3) is 10.4 Å². The van der Waals surface area contributed by atoms with Gasteiger partial charge in [-0.25, -0.2) is 4.98 Å². The van der Waals surface area contributed by atoms with Gasteiger partial charge in [-0.2, -0.15) is 5.10 Å². The highest BCUT2D eigenvalue weighted by Gasteiger charge is 2.42. The molecule has 1 aliphatic heterocycles. The molecule has 1 aromatic carbocycles. The van der Waals surface area contributed by atoms with Crippen molar-refractivity contribution in [3.05, 3.63) is 59.0 Å². The number of nitrogens with zero attached hydrogens (tertiary/aromatic N) is 4. The molecule has 198 valence electrons. The van der Waals surface area contributed by atoms with Crippen molar-refractivity contribution in [3.63, 3.8) is 0 Å². The van der Waals surface area contributed by atoms with Crippen LogP contribution in [0.2, 0.25) is 0 Å². The summed E-state index contributed by atoms with van der Waals surface area (Å²) in [6.45, 7) is 12.7. The topological polar surface area (TPSA) is 100 Å². The van der Waals surface area contributed by atoms with Gasteiger partial charge in [-0.3, -0.25) is 14.3 Å². The van der Waals surface area contributed by atoms with Crippen LogP contribution in [0.4, 0.5) is 0 Å². The first-order valence-corrected chi connectivity index (χ1v) is 13.6. The molecule has 0 bridgehead atoms. The van der Waals surface area contributed by atoms with Crippen molar-refractivity contribution in [1.82, 2.24) is 25.0 Å². The van der Waals surface area contributed by atoms with Crippen molar-refractivity contribution < 1.29 is 14.7 Å². The number of carbonyl (C=O) groups is 2. The first-order valence-electron chi connectivity index (χ1n) is 12.8. The number of carbonyl (C=O) groups excluding carboxylic acids is 2. The van der Waals surface area contributed by atoms with Gasteiger partial charge in [-0.15, -0.1) is 11.3 Å². The van der Waals surface area contributed by atoms with Gasteiger partial charge in [-0.05, 0) is 34.9 Å². The first-order chi connectivity index (χ1) is 17.5. The van der Waals surface area contributed by atoms with E-state index in [0.717, 1.165) is 27.3 Å². The number of hydrogen-bond acceptors (Lipinski definition) is 6. The SMILES string of the molecule is Cc1ncsc1-c1ccc(CNC(=O)C2CC(O)CN2C(=O)C(C(C)C)n2cc(C(C)(C)C)cn2)cc1. The molecule has 0 radical (unpaired) electrons. The Hall–Kier alpha value is -3.04. The van der Waals surface area contributed by atoms with Crippen molar-refractivity contribution in [2.45, 2.75) is 78.1 Å². The molecule has 8 nitrogen and oxygen atoms in total. The summed E-state index contributed by atoms with van der Waals surface area (Å²) in [7, 11) is 0. The number of aryl methyl sites for hydroxylation is 1. The van der Waals surface area contributed by atoms with E-state index in [1.165, 1.54) is 4.90 Å². The first kappa shape index (κ1) is 27.0. The second kappa shape index (κ2) is 10.8. The molecule has 0 spiro atoms. The van der Waals surface area contributed by atoms with E-state index in [0.29, 0.717) is 6.54 Å². The molecule has 0 aliphatic carbocycles. The number of aliphatic hydroxyl groups is 1. The number of aliphatic hydroxyl groups excluding tert-OH is 1. The van der Waals surface area contributed by atoms with Crippen LogP contribution in [0.3, 0.4) is 0 Å². The Morgan fingerprint density at radius 1 is 1.22 bits per heavy atom. The molecule has 3 heterocycles. The fraction of sp³-hybridized carbons (Fsp3) is 0.500. The molecule has 1 aliphatic rings. The molecule has 1 saturated heterocycles. The molecule has 2 amide bonds. The Morgan fingerprint density at radius 3 is 2.49 bits per heavy atom. The van der Waals surface area contributed by atoms with Crippen LogP contribution in [0, 0.1) is 12.8 Å². The molecule has 3 atom stereocenters. The minimum atomic E-state index is -0.739. The number of amides is 2. The van der Waals surface area contributed by atoms with Crippen LogP contribution in [0.15, 0.2) is 42.2 Å². The summed E-state index contributed by atoms with van der Waals surface area (Å²) < 4.78 is 1.71. The lowest BCUT2D eigenvalue weighted by Gasteiger charge is -2.30. The minimum Gasteiger partial charge on any atom is -0.391 e. The van der Waals surface area contributed by atoms with Gasteiger partial charge in [0.05, 0.1) is 28.4 Å². The molecular formula is C28H37N5O3S. The van der Waals surface area contributed by atoms with E-state index in [1.54, 1.807) is 22.2 Å². The fourth-order valence-electron chi connectivity index (χ4n) is 4.72. The Kier molecular flexibility index (Phi) is 7.85. The number of nitrogens with one attached hydrogen (secondary N) is 1. The number of likely N-dealkylation sites (tertiary alicyclic amines) is 1. The van der Waals surface area contributed by atoms with Gasteiger partial charge in [0.25, 0.3) is 0 Å². The summed E-state index contributed by atoms with van der Waals surface area (Å²) in [5, 5.41) is 17.9. The average molecular weight is 524 g/mol. The smallest absolute Gasteiger partial charge is 0.248 e. The summed E-state index contributed by atoms with van der Waals surface area (Å²) in [4.78, 5) is 33.9. The predicted molar refractivity (Wildman–Crippen MR) is 145 cm³/mol. The second-order valence-electron chi connectivity index (χ2n) is 11.2. The zero-order valence-corrected chi connectivity index (χ0v) is 23.2. The normalized spacial score (nSPS) is 18.9. The van der Waals surface area contributed by atoms with Gasteiger partial charge in [0.2, 0.25) is 11.8 Å². The Balaban J connectivity index is 1.45. The molecule has 37 heavy (non-hydrogen) atoms. The average Bonchev–Trinajstić information content (AvgIpc) is 3.57. The third-order valence-electron chi connectivity index (χ3n) is 6.93. The van der Waals surface area contributed by atoms with Gasteiger partial charge in [0, 0.05) is 25.7 Å². The monoisotopic (exact) mass is 523 g/mol. The van der Waals surface area contributed by atoms with Gasteiger partial charge >= 0.3 is 0 Å². The Bertz CT molecular complexity index is 1240. The van der Waals surface area contributed by atoms with Crippen LogP contribution in [0.1, 0.15) is 63.9 Å². The molecule has 9 heteroatoms. The van der Waals surface area contributed by atoms with Gasteiger partial charge < -0.3 is 15.3 Å². The summed E-state index contributed by atoms with van der Waals surface area (Å²) in [6, 6.07) is 6.75. The number of benzene rings is 1. The molecule has 2 aromatic heterocycles. The number of thiazole rings is 1. The van der Waals surface area contributed by atoms with Crippen LogP contribution < -0.4 is 5.32 Å². The highest BCUT2D eigenvalue weighted by Crippen LogP contribution is 2.30. The zero-order valence-electron chi connectivity index (χ0n) is 22.4. The third kappa shape index (κ3) is 5.93. The maximum Gasteiger partial charge on any atom is 0.248 e. The number of β-amino-alcohol motifs (C(OH)–C–C–N with tert-alkyl or cyclic N) is 1. The van der Waals surface area contributed by atoms with Gasteiger partial charge in [0.15, 0.2) is 0 Å². The maximum atomic E-state index is 13.7. The minimum absolute atomic E-state index is 0.0395. The lowest BCUT2D eigenvalue weighted by molar-refractivity contribution is -0.142. The van der Waals surface area contributed by atoms with Crippen molar-refractivity contribution in [1.29, 1.82) is 0 Å². The summed E-state index contributed by atoms with van der Waals surface area (Å²) in [5.41, 5.74) is 5.84. The molecule has 2 N–H and O–H groups in total. The second-order valence-corrected chi connectivity index (χ2v) is 12.1. The van der Waals surface area contributed by atoms with Crippen LogP contribution in [0.5, 0.6) is 0 Å². The highest BCUT2D eigenvalue weighted by molar-refractivity contribution is 7.13. The van der Waals surface area contributed by atoms with E-state index in [9.17, 15) is 14.7 Å². The standard InChI is InChI=1S/C28H37N5O3S/c1-17(2)24(33-14-21(13-31-33)28(4,5)6)27(36)32-15-22(34)11-23(32)26(35)29-12-19-7-9-20(10-8-19)25-18(3)30-16-37-25/h7-10,13-14,16-17,22-24,34H,11-12,15H2,1-6H3,(H,29,35). The van der Waals surface area contributed by atoms with Crippen molar-refractivity contribution >= 4 is 23.2 Å². The molecule has 0 saturated carbocycles. The van der Waals surface area contributed by atoms with Crippen LogP contribution in [-0.4, -0.2) is 55.3 Å². The summed E-state index contributed by atoms with van der Waals surface area (Å²) >= 11 is 1.60. The summed E-state index contributed by atoms with van der Waals surface area (Å²) in [6.07, 6.45) is 3.20. The van der Waals surface area contributed by atoms with Crippen molar-refractivity contribution in [3.8, 4) is 10.4 Å². The molecule has 3 aromatic rings. The van der Waals surface area contributed by atoms with Gasteiger partial charge in [0.1, 0.15) is 12.1 Å². The van der Waals surface area contributed by atoms with E-state index in [4.69, 9.17) is 0 Å². The summed E-state index contributed by atoms with van der Waals surface area (Å²) in [5.74, 6) is -0.493. The number of rotatable bonds is 7. The Labute approximate surface area is 222 Å². The maximum absolute atomic E-state index is 13.7. The van der Waals surface area contributed by atoms with Gasteiger partial charge in [-0.1, -0.05) is 58.9 Å². The number of hydrogen-bond donors (Lipinski definition) is 2. The lowest BCUT2D eigenvalue weighted by Crippen LogP contribution is -2.49. The largest absolute Gasteiger partial charge is 0.391 e. The van der Waals surface area contributed by atoms with E-state index in [1.807, 2.05) is 56.7 Å². The Morgan fingerprint density at radius 2 is 1.92 bits per heavy atom. The van der Waals surface area contributed by atoms with Crippen molar-refractivity contribution in [2.24, 2.45) is 5.92 Å². The fourth-order valence-corrected chi connectivity index (χ4v) is 5.53. The zero-order chi connectivity index (χ0) is 26.9. The van der Waals surface area contributed by atoms with Crippen molar-refractivity contribution in [2.75, 3.05) is 6.54 Å². The number of aromatic nitrogens is 3. The third-order valence-corrected chi connectivity index (χ3v) is 7.91. The van der Waals surface area contributed by atoms with Crippen LogP contribution in [-0.2, 0) is 21.5 Å². The molecular weight excluding hydrogens is 486 g/mol. The highest BCUT2D eigenvalue weighted by atomic mass is 32.1. The van der Waals surface area contributed by atoms with E-state index in [-0.39, 0.29) is 36.1 Å². The molecule has 3 unspecified atom stereocenters. The van der Waals surface area contributed by atoms with E-state index in [2.05, 4.69) is 36.2 Å². The predicted octanol–water partition coefficient (Wildman–Crippen LogP) is 4.09. The van der Waals surface area contributed by atoms with E-state index >= 15 is 0 Å². The van der Waals surface area contributed by atoms with Crippen LogP contribution >= 0.6 is 11.3 Å². The molecule has 1 fully saturated rings. The lowest BCUT2D eigenvalue weighted by atomic mass is 9.90. The molecule has 4 rings (SSSR count). The van der Waals surface area contributed by atoms with E-state index < -0.39 is 18.2 Å². The quantitative estimate of drug-likeness (QED) is 0.486.